The number of aromatic nitrogens is 2. The fourth-order valence-corrected chi connectivity index (χ4v) is 3.05. The van der Waals surface area contributed by atoms with Crippen LogP contribution in [-0.2, 0) is 0 Å². The smallest absolute Gasteiger partial charge is 0.208 e. The summed E-state index contributed by atoms with van der Waals surface area (Å²) in [4.78, 5) is 2.45. The van der Waals surface area contributed by atoms with E-state index in [2.05, 4.69) is 20.4 Å². The largest absolute Gasteiger partial charge is 0.344 e. The van der Waals surface area contributed by atoms with Gasteiger partial charge < -0.3 is 10.2 Å². The molecule has 1 saturated heterocycles. The average molecular weight is 240 g/mol. The van der Waals surface area contributed by atoms with Crippen LogP contribution >= 0.6 is 11.3 Å². The second kappa shape index (κ2) is 5.59. The molecule has 90 valence electrons. The molecule has 1 aliphatic rings. The Bertz CT molecular complexity index is 326. The summed E-state index contributed by atoms with van der Waals surface area (Å²) in [6, 6.07) is 0.647. The summed E-state index contributed by atoms with van der Waals surface area (Å²) in [6.07, 6.45) is 5.13. The summed E-state index contributed by atoms with van der Waals surface area (Å²) in [5.41, 5.74) is 0. The Morgan fingerprint density at radius 3 is 3.00 bits per heavy atom. The Labute approximate surface area is 101 Å². The fourth-order valence-electron chi connectivity index (χ4n) is 2.27. The topological polar surface area (TPSA) is 41.0 Å². The predicted octanol–water partition coefficient (Wildman–Crippen LogP) is 1.81. The Morgan fingerprint density at radius 1 is 1.44 bits per heavy atom. The van der Waals surface area contributed by atoms with Gasteiger partial charge in [-0.2, -0.15) is 0 Å². The van der Waals surface area contributed by atoms with Gasteiger partial charge in [-0.15, -0.1) is 10.2 Å². The summed E-state index contributed by atoms with van der Waals surface area (Å²) in [6.45, 7) is 4.25. The van der Waals surface area contributed by atoms with E-state index in [4.69, 9.17) is 0 Å². The fraction of sp³-hybridized carbons (Fsp3) is 0.818. The first-order valence-electron chi connectivity index (χ1n) is 6.02. The molecule has 1 aromatic heterocycles. The maximum Gasteiger partial charge on any atom is 0.208 e. The zero-order valence-corrected chi connectivity index (χ0v) is 10.9. The van der Waals surface area contributed by atoms with E-state index in [0.717, 1.165) is 23.2 Å². The van der Waals surface area contributed by atoms with Gasteiger partial charge in [0.15, 0.2) is 0 Å². The average Bonchev–Trinajstić information content (AvgIpc) is 2.73. The zero-order chi connectivity index (χ0) is 11.4. The highest BCUT2D eigenvalue weighted by molar-refractivity contribution is 7.15. The molecule has 1 aliphatic heterocycles. The number of aryl methyl sites for hydroxylation is 1. The van der Waals surface area contributed by atoms with Crippen molar-refractivity contribution in [3.05, 3.63) is 5.01 Å². The molecule has 1 fully saturated rings. The minimum Gasteiger partial charge on any atom is -0.344 e. The molecule has 0 radical (unpaired) electrons. The Kier molecular flexibility index (Phi) is 4.12. The first-order valence-corrected chi connectivity index (χ1v) is 6.84. The van der Waals surface area contributed by atoms with Gasteiger partial charge >= 0.3 is 0 Å². The minimum absolute atomic E-state index is 0.647. The molecular weight excluding hydrogens is 220 g/mol. The molecule has 0 bridgehead atoms. The third-order valence-electron chi connectivity index (χ3n) is 3.12. The number of rotatable bonds is 4. The summed E-state index contributed by atoms with van der Waals surface area (Å²) in [5, 5.41) is 13.8. The van der Waals surface area contributed by atoms with E-state index in [-0.39, 0.29) is 0 Å². The van der Waals surface area contributed by atoms with Crippen LogP contribution in [-0.4, -0.2) is 36.4 Å². The maximum absolute atomic E-state index is 4.27. The van der Waals surface area contributed by atoms with Gasteiger partial charge in [0, 0.05) is 12.6 Å². The molecule has 0 aliphatic carbocycles. The van der Waals surface area contributed by atoms with Crippen LogP contribution in [0.4, 0.5) is 5.13 Å². The summed E-state index contributed by atoms with van der Waals surface area (Å²) >= 11 is 1.71. The molecule has 1 N–H and O–H groups in total. The number of hydrogen-bond acceptors (Lipinski definition) is 5. The van der Waals surface area contributed by atoms with Crippen molar-refractivity contribution in [3.8, 4) is 0 Å². The van der Waals surface area contributed by atoms with Crippen LogP contribution in [0, 0.1) is 6.92 Å². The van der Waals surface area contributed by atoms with E-state index in [1.54, 1.807) is 11.3 Å². The molecule has 2 rings (SSSR count). The summed E-state index contributed by atoms with van der Waals surface area (Å²) in [5.74, 6) is 0. The van der Waals surface area contributed by atoms with E-state index in [0.29, 0.717) is 6.04 Å². The van der Waals surface area contributed by atoms with Crippen molar-refractivity contribution in [2.24, 2.45) is 0 Å². The first kappa shape index (κ1) is 11.8. The molecule has 16 heavy (non-hydrogen) atoms. The van der Waals surface area contributed by atoms with Gasteiger partial charge in [0.1, 0.15) is 5.01 Å². The SMILES string of the molecule is CNCCC1CCCCN1c1nnc(C)s1. The minimum atomic E-state index is 0.647. The first-order chi connectivity index (χ1) is 7.81. The van der Waals surface area contributed by atoms with Crippen LogP contribution in [0.15, 0.2) is 0 Å². The molecule has 5 heteroatoms. The van der Waals surface area contributed by atoms with Gasteiger partial charge in [0.25, 0.3) is 0 Å². The quantitative estimate of drug-likeness (QED) is 0.871. The lowest BCUT2D eigenvalue weighted by molar-refractivity contribution is 0.432. The van der Waals surface area contributed by atoms with Crippen LogP contribution in [0.25, 0.3) is 0 Å². The second-order valence-corrected chi connectivity index (χ2v) is 5.50. The van der Waals surface area contributed by atoms with E-state index in [1.807, 2.05) is 14.0 Å². The number of nitrogens with zero attached hydrogens (tertiary/aromatic N) is 3. The van der Waals surface area contributed by atoms with Crippen LogP contribution < -0.4 is 10.2 Å². The zero-order valence-electron chi connectivity index (χ0n) is 10.1. The predicted molar refractivity (Wildman–Crippen MR) is 68.2 cm³/mol. The van der Waals surface area contributed by atoms with Crippen molar-refractivity contribution >= 4 is 16.5 Å². The normalized spacial score (nSPS) is 21.4. The molecule has 0 spiro atoms. The van der Waals surface area contributed by atoms with Crippen LogP contribution in [0.2, 0.25) is 0 Å². The maximum atomic E-state index is 4.27. The third-order valence-corrected chi connectivity index (χ3v) is 3.99. The highest BCUT2D eigenvalue weighted by Gasteiger charge is 2.24. The number of anilines is 1. The van der Waals surface area contributed by atoms with Crippen LogP contribution in [0.3, 0.4) is 0 Å². The van der Waals surface area contributed by atoms with E-state index in [1.165, 1.54) is 25.7 Å². The molecule has 0 saturated carbocycles. The molecular formula is C11H20N4S. The number of hydrogen-bond donors (Lipinski definition) is 1. The highest BCUT2D eigenvalue weighted by atomic mass is 32.1. The summed E-state index contributed by atoms with van der Waals surface area (Å²) in [7, 11) is 2.02. The van der Waals surface area contributed by atoms with Crippen LogP contribution in [0.5, 0.6) is 0 Å². The standard InChI is InChI=1S/C11H20N4S/c1-9-13-14-11(16-9)15-8-4-3-5-10(15)6-7-12-2/h10,12H,3-8H2,1-2H3. The van der Waals surface area contributed by atoms with Crippen molar-refractivity contribution in [1.82, 2.24) is 15.5 Å². The Balaban J connectivity index is 2.04. The van der Waals surface area contributed by atoms with Gasteiger partial charge in [0.2, 0.25) is 5.13 Å². The number of piperidine rings is 1. The van der Waals surface area contributed by atoms with Crippen molar-refractivity contribution in [2.45, 2.75) is 38.6 Å². The Hall–Kier alpha value is -0.680. The van der Waals surface area contributed by atoms with Crippen molar-refractivity contribution in [2.75, 3.05) is 25.0 Å². The highest BCUT2D eigenvalue weighted by Crippen LogP contribution is 2.28. The summed E-state index contributed by atoms with van der Waals surface area (Å²) < 4.78 is 0. The lowest BCUT2D eigenvalue weighted by Crippen LogP contribution is -2.41. The van der Waals surface area contributed by atoms with Crippen molar-refractivity contribution in [3.63, 3.8) is 0 Å². The van der Waals surface area contributed by atoms with Gasteiger partial charge in [-0.3, -0.25) is 0 Å². The van der Waals surface area contributed by atoms with E-state index < -0.39 is 0 Å². The van der Waals surface area contributed by atoms with Gasteiger partial charge in [0.05, 0.1) is 0 Å². The molecule has 0 aromatic carbocycles. The lowest BCUT2D eigenvalue weighted by atomic mass is 10.00. The van der Waals surface area contributed by atoms with Gasteiger partial charge in [-0.25, -0.2) is 0 Å². The Morgan fingerprint density at radius 2 is 2.31 bits per heavy atom. The van der Waals surface area contributed by atoms with Gasteiger partial charge in [-0.1, -0.05) is 11.3 Å². The van der Waals surface area contributed by atoms with E-state index in [9.17, 15) is 0 Å². The van der Waals surface area contributed by atoms with E-state index >= 15 is 0 Å². The monoisotopic (exact) mass is 240 g/mol. The number of nitrogens with one attached hydrogen (secondary N) is 1. The van der Waals surface area contributed by atoms with Crippen molar-refractivity contribution < 1.29 is 0 Å². The molecule has 1 atom stereocenters. The third kappa shape index (κ3) is 2.71. The lowest BCUT2D eigenvalue weighted by Gasteiger charge is -2.35. The van der Waals surface area contributed by atoms with Crippen LogP contribution in [0.1, 0.15) is 30.7 Å². The van der Waals surface area contributed by atoms with Crippen molar-refractivity contribution in [1.29, 1.82) is 0 Å². The second-order valence-electron chi connectivity index (χ2n) is 4.34. The molecule has 4 nitrogen and oxygen atoms in total. The van der Waals surface area contributed by atoms with Gasteiger partial charge in [-0.05, 0) is 46.2 Å². The molecule has 0 amide bonds. The molecule has 1 unspecified atom stereocenters. The molecule has 2 heterocycles. The molecule has 1 aromatic rings.